The normalized spacial score (nSPS) is 19.3. The Morgan fingerprint density at radius 2 is 2.39 bits per heavy atom. The highest BCUT2D eigenvalue weighted by molar-refractivity contribution is 9.10. The number of H-pyrrole nitrogens is 1. The van der Waals surface area contributed by atoms with Gasteiger partial charge in [0.1, 0.15) is 0 Å². The quantitative estimate of drug-likeness (QED) is 0.741. The number of nitrogens with zero attached hydrogens (tertiary/aromatic N) is 2. The van der Waals surface area contributed by atoms with Crippen LogP contribution >= 0.6 is 15.9 Å². The lowest BCUT2D eigenvalue weighted by Gasteiger charge is -2.16. The third-order valence-corrected chi connectivity index (χ3v) is 4.41. The van der Waals surface area contributed by atoms with Crippen LogP contribution < -0.4 is 10.2 Å². The number of aliphatic hydroxyl groups is 1. The van der Waals surface area contributed by atoms with E-state index < -0.39 is 5.92 Å². The van der Waals surface area contributed by atoms with Gasteiger partial charge in [0.25, 0.3) is 0 Å². The van der Waals surface area contributed by atoms with Gasteiger partial charge in [-0.05, 0) is 25.1 Å². The van der Waals surface area contributed by atoms with Gasteiger partial charge in [-0.25, -0.2) is 0 Å². The molecule has 0 unspecified atom stereocenters. The van der Waals surface area contributed by atoms with Gasteiger partial charge in [0.2, 0.25) is 11.8 Å². The molecular weight excluding hydrogens is 364 g/mol. The topological polar surface area (TPSA) is 98.3 Å². The highest BCUT2D eigenvalue weighted by atomic mass is 79.9. The largest absolute Gasteiger partial charge is 0.394 e. The second kappa shape index (κ2) is 6.29. The van der Waals surface area contributed by atoms with Crippen LogP contribution in [0, 0.1) is 5.92 Å². The van der Waals surface area contributed by atoms with Gasteiger partial charge in [-0.3, -0.25) is 19.6 Å². The molecule has 23 heavy (non-hydrogen) atoms. The third kappa shape index (κ3) is 3.09. The highest BCUT2D eigenvalue weighted by Crippen LogP contribution is 2.31. The number of hydrogen-bond donors (Lipinski definition) is 3. The zero-order chi connectivity index (χ0) is 16.6. The summed E-state index contributed by atoms with van der Waals surface area (Å²) in [7, 11) is 0. The van der Waals surface area contributed by atoms with Crippen LogP contribution in [0.3, 0.4) is 0 Å². The maximum atomic E-state index is 12.3. The monoisotopic (exact) mass is 380 g/mol. The predicted octanol–water partition coefficient (Wildman–Crippen LogP) is 1.18. The number of fused-ring (bicyclic) bond motifs is 1. The lowest BCUT2D eigenvalue weighted by atomic mass is 10.1. The SMILES string of the molecule is C[C@@H](CO)NC(=O)[C@H]1CC(=O)N(c2n[nH]c3cc(Br)ccc23)C1. The van der Waals surface area contributed by atoms with Gasteiger partial charge in [0.05, 0.1) is 18.0 Å². The first-order chi connectivity index (χ1) is 11.0. The molecule has 0 radical (unpaired) electrons. The second-order valence-electron chi connectivity index (χ2n) is 5.73. The summed E-state index contributed by atoms with van der Waals surface area (Å²) in [6.45, 7) is 1.87. The second-order valence-corrected chi connectivity index (χ2v) is 6.65. The molecule has 122 valence electrons. The molecule has 3 rings (SSSR count). The van der Waals surface area contributed by atoms with E-state index in [1.165, 1.54) is 0 Å². The van der Waals surface area contributed by atoms with Gasteiger partial charge in [0, 0.05) is 28.9 Å². The van der Waals surface area contributed by atoms with Gasteiger partial charge >= 0.3 is 0 Å². The van der Waals surface area contributed by atoms with Crippen molar-refractivity contribution in [2.24, 2.45) is 5.92 Å². The van der Waals surface area contributed by atoms with Crippen LogP contribution in [0.1, 0.15) is 13.3 Å². The van der Waals surface area contributed by atoms with Gasteiger partial charge in [-0.1, -0.05) is 15.9 Å². The van der Waals surface area contributed by atoms with Gasteiger partial charge in [-0.15, -0.1) is 0 Å². The zero-order valence-electron chi connectivity index (χ0n) is 12.5. The van der Waals surface area contributed by atoms with Crippen molar-refractivity contribution in [3.8, 4) is 0 Å². The Morgan fingerprint density at radius 1 is 1.61 bits per heavy atom. The molecule has 1 fully saturated rings. The fraction of sp³-hybridized carbons (Fsp3) is 0.400. The molecule has 0 spiro atoms. The minimum Gasteiger partial charge on any atom is -0.394 e. The van der Waals surface area contributed by atoms with Crippen molar-refractivity contribution in [1.29, 1.82) is 0 Å². The van der Waals surface area contributed by atoms with Crippen LogP contribution in [0.15, 0.2) is 22.7 Å². The van der Waals surface area contributed by atoms with Crippen LogP contribution in [0.25, 0.3) is 10.9 Å². The van der Waals surface area contributed by atoms with Crippen LogP contribution in [0.2, 0.25) is 0 Å². The average Bonchev–Trinajstić information content (AvgIpc) is 3.09. The summed E-state index contributed by atoms with van der Waals surface area (Å²) in [6.07, 6.45) is 0.148. The molecule has 3 N–H and O–H groups in total. The number of aromatic amines is 1. The number of anilines is 1. The Morgan fingerprint density at radius 3 is 3.13 bits per heavy atom. The fourth-order valence-corrected chi connectivity index (χ4v) is 3.04. The number of amides is 2. The standard InChI is InChI=1S/C15H17BrN4O3/c1-8(7-21)17-15(23)9-4-13(22)20(6-9)14-11-3-2-10(16)5-12(11)18-19-14/h2-3,5,8-9,21H,4,6-7H2,1H3,(H,17,23)(H,18,19)/t8-,9-/m0/s1. The smallest absolute Gasteiger partial charge is 0.229 e. The van der Waals surface area contributed by atoms with Crippen molar-refractivity contribution in [3.05, 3.63) is 22.7 Å². The maximum absolute atomic E-state index is 12.3. The lowest BCUT2D eigenvalue weighted by molar-refractivity contribution is -0.127. The Hall–Kier alpha value is -1.93. The molecule has 1 aromatic heterocycles. The summed E-state index contributed by atoms with van der Waals surface area (Å²) < 4.78 is 0.920. The van der Waals surface area contributed by atoms with Crippen LogP contribution in [-0.4, -0.2) is 46.3 Å². The number of carbonyl (C=O) groups is 2. The molecule has 2 amide bonds. The van der Waals surface area contributed by atoms with Gasteiger partial charge in [0.15, 0.2) is 5.82 Å². The van der Waals surface area contributed by atoms with Crippen molar-refractivity contribution in [1.82, 2.24) is 15.5 Å². The Balaban J connectivity index is 1.81. The molecule has 2 aromatic rings. The molecule has 2 atom stereocenters. The van der Waals surface area contributed by atoms with E-state index in [9.17, 15) is 9.59 Å². The van der Waals surface area contributed by atoms with Crippen LogP contribution in [-0.2, 0) is 9.59 Å². The highest BCUT2D eigenvalue weighted by Gasteiger charge is 2.37. The summed E-state index contributed by atoms with van der Waals surface area (Å²) >= 11 is 3.39. The Kier molecular flexibility index (Phi) is 4.36. The molecular formula is C15H17BrN4O3. The first-order valence-corrected chi connectivity index (χ1v) is 8.14. The average molecular weight is 381 g/mol. The van der Waals surface area contributed by atoms with E-state index in [4.69, 9.17) is 5.11 Å². The van der Waals surface area contributed by atoms with E-state index in [2.05, 4.69) is 31.4 Å². The van der Waals surface area contributed by atoms with Crippen LogP contribution in [0.5, 0.6) is 0 Å². The van der Waals surface area contributed by atoms with Crippen LogP contribution in [0.4, 0.5) is 5.82 Å². The number of rotatable bonds is 4. The van der Waals surface area contributed by atoms with Crippen molar-refractivity contribution < 1.29 is 14.7 Å². The molecule has 0 bridgehead atoms. The maximum Gasteiger partial charge on any atom is 0.229 e. The zero-order valence-corrected chi connectivity index (χ0v) is 14.1. The first-order valence-electron chi connectivity index (χ1n) is 7.35. The first kappa shape index (κ1) is 15.9. The van der Waals surface area contributed by atoms with E-state index in [0.29, 0.717) is 12.4 Å². The summed E-state index contributed by atoms with van der Waals surface area (Å²) in [5.74, 6) is -0.232. The summed E-state index contributed by atoms with van der Waals surface area (Å²) in [6, 6.07) is 5.33. The number of carbonyl (C=O) groups excluding carboxylic acids is 2. The van der Waals surface area contributed by atoms with Crippen molar-refractivity contribution in [3.63, 3.8) is 0 Å². The van der Waals surface area contributed by atoms with E-state index in [1.54, 1.807) is 11.8 Å². The third-order valence-electron chi connectivity index (χ3n) is 3.92. The van der Waals surface area contributed by atoms with E-state index >= 15 is 0 Å². The molecule has 1 aliphatic heterocycles. The summed E-state index contributed by atoms with van der Waals surface area (Å²) in [4.78, 5) is 26.0. The van der Waals surface area contributed by atoms with Gasteiger partial charge in [-0.2, -0.15) is 5.10 Å². The molecule has 1 aromatic carbocycles. The number of aromatic nitrogens is 2. The summed E-state index contributed by atoms with van der Waals surface area (Å²) in [5.41, 5.74) is 0.823. The van der Waals surface area contributed by atoms with E-state index in [0.717, 1.165) is 15.4 Å². The van der Waals surface area contributed by atoms with Crippen molar-refractivity contribution in [2.45, 2.75) is 19.4 Å². The van der Waals surface area contributed by atoms with E-state index in [-0.39, 0.29) is 30.9 Å². The number of halogens is 1. The number of hydrogen-bond acceptors (Lipinski definition) is 4. The van der Waals surface area contributed by atoms with E-state index in [1.807, 2.05) is 18.2 Å². The van der Waals surface area contributed by atoms with Crippen molar-refractivity contribution in [2.75, 3.05) is 18.1 Å². The summed E-state index contributed by atoms with van der Waals surface area (Å²) in [5, 5.41) is 19.7. The minimum absolute atomic E-state index is 0.127. The molecule has 0 aliphatic carbocycles. The Labute approximate surface area is 141 Å². The molecule has 8 heteroatoms. The van der Waals surface area contributed by atoms with Gasteiger partial charge < -0.3 is 10.4 Å². The molecule has 1 aliphatic rings. The lowest BCUT2D eigenvalue weighted by Crippen LogP contribution is -2.40. The number of aliphatic hydroxyl groups excluding tert-OH is 1. The molecule has 0 saturated carbocycles. The predicted molar refractivity (Wildman–Crippen MR) is 88.9 cm³/mol. The molecule has 1 saturated heterocycles. The molecule has 2 heterocycles. The van der Waals surface area contributed by atoms with Crippen molar-refractivity contribution >= 4 is 44.5 Å². The number of benzene rings is 1. The minimum atomic E-state index is -0.432. The fourth-order valence-electron chi connectivity index (χ4n) is 2.68. The molecule has 7 nitrogen and oxygen atoms in total. The number of nitrogens with one attached hydrogen (secondary N) is 2. The Bertz CT molecular complexity index is 760.